The highest BCUT2D eigenvalue weighted by Gasteiger charge is 1.95. The van der Waals surface area contributed by atoms with Crippen molar-refractivity contribution in [2.75, 3.05) is 0 Å². The quantitative estimate of drug-likeness (QED) is 0.610. The van der Waals surface area contributed by atoms with Gasteiger partial charge in [-0.15, -0.1) is 0 Å². The molecule has 0 fully saturated rings. The lowest BCUT2D eigenvalue weighted by atomic mass is 10.0. The summed E-state index contributed by atoms with van der Waals surface area (Å²) in [4.78, 5) is 0. The van der Waals surface area contributed by atoms with Crippen molar-refractivity contribution in [1.82, 2.24) is 0 Å². The summed E-state index contributed by atoms with van der Waals surface area (Å²) in [7, 11) is 0. The van der Waals surface area contributed by atoms with Crippen LogP contribution in [-0.2, 0) is 0 Å². The molecule has 1 rings (SSSR count). The van der Waals surface area contributed by atoms with E-state index in [0.717, 1.165) is 12.8 Å². The average Bonchev–Trinajstić information content (AvgIpc) is 2.31. The first-order valence-corrected chi connectivity index (χ1v) is 5.69. The highest BCUT2D eigenvalue weighted by atomic mass is 14.0. The molecule has 0 aliphatic carbocycles. The van der Waals surface area contributed by atoms with Crippen molar-refractivity contribution in [3.05, 3.63) is 53.6 Å². The van der Waals surface area contributed by atoms with Crippen LogP contribution in [0.2, 0.25) is 0 Å². The van der Waals surface area contributed by atoms with Crippen LogP contribution in [-0.4, -0.2) is 0 Å². The molecule has 0 aliphatic heterocycles. The predicted molar refractivity (Wildman–Crippen MR) is 68.8 cm³/mol. The summed E-state index contributed by atoms with van der Waals surface area (Å²) in [6.07, 6.45) is 6.68. The van der Waals surface area contributed by atoms with Gasteiger partial charge >= 0.3 is 0 Å². The fourth-order valence-electron chi connectivity index (χ4n) is 1.43. The molecule has 0 heterocycles. The minimum Gasteiger partial charge on any atom is -0.0736 e. The fourth-order valence-corrected chi connectivity index (χ4v) is 1.43. The van der Waals surface area contributed by atoms with Gasteiger partial charge < -0.3 is 0 Å². The van der Waals surface area contributed by atoms with Gasteiger partial charge in [0.2, 0.25) is 0 Å². The van der Waals surface area contributed by atoms with Crippen LogP contribution < -0.4 is 0 Å². The van der Waals surface area contributed by atoms with E-state index in [1.807, 2.05) is 0 Å². The molecule has 0 spiro atoms. The van der Waals surface area contributed by atoms with Gasteiger partial charge in [-0.25, -0.2) is 0 Å². The summed E-state index contributed by atoms with van der Waals surface area (Å²) in [6.45, 7) is 6.57. The van der Waals surface area contributed by atoms with Crippen LogP contribution in [0, 0.1) is 0 Å². The normalized spacial score (nSPS) is 13.0. The van der Waals surface area contributed by atoms with E-state index in [1.54, 1.807) is 0 Å². The molecule has 1 aromatic carbocycles. The van der Waals surface area contributed by atoms with Gasteiger partial charge in [0.15, 0.2) is 0 Å². The summed E-state index contributed by atoms with van der Waals surface area (Å²) in [5.74, 6) is 0. The van der Waals surface area contributed by atoms with E-state index in [4.69, 9.17) is 0 Å². The van der Waals surface area contributed by atoms with Gasteiger partial charge in [-0.05, 0) is 30.9 Å². The monoisotopic (exact) mass is 200 g/mol. The smallest absolute Gasteiger partial charge is 0.0225 e. The molecule has 0 unspecified atom stereocenters. The Morgan fingerprint density at radius 2 is 1.67 bits per heavy atom. The van der Waals surface area contributed by atoms with Gasteiger partial charge in [-0.2, -0.15) is 0 Å². The van der Waals surface area contributed by atoms with E-state index >= 15 is 0 Å². The van der Waals surface area contributed by atoms with Gasteiger partial charge in [0.1, 0.15) is 0 Å². The Hall–Kier alpha value is -1.30. The first kappa shape index (κ1) is 11.8. The molecule has 15 heavy (non-hydrogen) atoms. The fraction of sp³-hybridized carbons (Fsp3) is 0.333. The van der Waals surface area contributed by atoms with Crippen molar-refractivity contribution in [1.29, 1.82) is 0 Å². The second kappa shape index (κ2) is 6.23. The third kappa shape index (κ3) is 3.75. The van der Waals surface area contributed by atoms with Gasteiger partial charge in [-0.1, -0.05) is 61.9 Å². The molecule has 1 aromatic rings. The van der Waals surface area contributed by atoms with Crippen molar-refractivity contribution in [2.45, 2.75) is 33.6 Å². The lowest BCUT2D eigenvalue weighted by molar-refractivity contribution is 1.10. The van der Waals surface area contributed by atoms with E-state index in [9.17, 15) is 0 Å². The van der Waals surface area contributed by atoms with Crippen molar-refractivity contribution in [2.24, 2.45) is 0 Å². The standard InChI is InChI=1S/C15H20/c1-4-13(3)11-12-14(5-2)15-9-7-6-8-10-15/h6-12H,4-5H2,1-3H3/b13-11-,14-12+. The highest BCUT2D eigenvalue weighted by Crippen LogP contribution is 2.18. The zero-order valence-corrected chi connectivity index (χ0v) is 9.96. The van der Waals surface area contributed by atoms with Crippen molar-refractivity contribution in [3.8, 4) is 0 Å². The minimum atomic E-state index is 1.08. The van der Waals surface area contributed by atoms with Gasteiger partial charge in [-0.3, -0.25) is 0 Å². The highest BCUT2D eigenvalue weighted by molar-refractivity contribution is 5.66. The molecular weight excluding hydrogens is 180 g/mol. The molecule has 0 aromatic heterocycles. The van der Waals surface area contributed by atoms with Crippen LogP contribution in [0.25, 0.3) is 5.57 Å². The van der Waals surface area contributed by atoms with Crippen molar-refractivity contribution < 1.29 is 0 Å². The first-order valence-electron chi connectivity index (χ1n) is 5.69. The Morgan fingerprint density at radius 3 is 2.20 bits per heavy atom. The lowest BCUT2D eigenvalue weighted by Gasteiger charge is -2.03. The number of hydrogen-bond donors (Lipinski definition) is 0. The van der Waals surface area contributed by atoms with E-state index in [2.05, 4.69) is 63.3 Å². The summed E-state index contributed by atoms with van der Waals surface area (Å²) >= 11 is 0. The first-order chi connectivity index (χ1) is 7.27. The Bertz CT molecular complexity index is 342. The van der Waals surface area contributed by atoms with E-state index in [-0.39, 0.29) is 0 Å². The molecule has 0 N–H and O–H groups in total. The van der Waals surface area contributed by atoms with Crippen LogP contribution >= 0.6 is 0 Å². The molecule has 80 valence electrons. The SMILES string of the molecule is CC/C(C)=C\C=C(/CC)c1ccccc1. The second-order valence-corrected chi connectivity index (χ2v) is 3.78. The maximum Gasteiger partial charge on any atom is -0.0225 e. The zero-order valence-electron chi connectivity index (χ0n) is 9.96. The average molecular weight is 200 g/mol. The van der Waals surface area contributed by atoms with Crippen molar-refractivity contribution >= 4 is 5.57 Å². The van der Waals surface area contributed by atoms with Crippen LogP contribution in [0.3, 0.4) is 0 Å². The third-order valence-corrected chi connectivity index (χ3v) is 2.65. The Morgan fingerprint density at radius 1 is 1.00 bits per heavy atom. The van der Waals surface area contributed by atoms with E-state index in [1.165, 1.54) is 16.7 Å². The Balaban J connectivity index is 2.90. The van der Waals surface area contributed by atoms with Crippen LogP contribution in [0.1, 0.15) is 39.2 Å². The van der Waals surface area contributed by atoms with Crippen LogP contribution in [0.4, 0.5) is 0 Å². The molecular formula is C15H20. The largest absolute Gasteiger partial charge is 0.0736 e. The molecule has 0 atom stereocenters. The Kier molecular flexibility index (Phi) is 4.89. The number of hydrogen-bond acceptors (Lipinski definition) is 0. The molecule has 0 saturated carbocycles. The molecule has 0 radical (unpaired) electrons. The van der Waals surface area contributed by atoms with Gasteiger partial charge in [0, 0.05) is 0 Å². The second-order valence-electron chi connectivity index (χ2n) is 3.78. The molecule has 0 saturated heterocycles. The third-order valence-electron chi connectivity index (χ3n) is 2.65. The summed E-state index contributed by atoms with van der Waals surface area (Å²) in [6, 6.07) is 10.6. The summed E-state index contributed by atoms with van der Waals surface area (Å²) in [5.41, 5.74) is 4.17. The summed E-state index contributed by atoms with van der Waals surface area (Å²) in [5, 5.41) is 0. The maximum absolute atomic E-state index is 2.24. The van der Waals surface area contributed by atoms with Gasteiger partial charge in [0.25, 0.3) is 0 Å². The summed E-state index contributed by atoms with van der Waals surface area (Å²) < 4.78 is 0. The molecule has 0 amide bonds. The minimum absolute atomic E-state index is 1.08. The van der Waals surface area contributed by atoms with Crippen molar-refractivity contribution in [3.63, 3.8) is 0 Å². The molecule has 0 aliphatic rings. The van der Waals surface area contributed by atoms with E-state index in [0.29, 0.717) is 0 Å². The molecule has 0 heteroatoms. The van der Waals surface area contributed by atoms with Crippen LogP contribution in [0.15, 0.2) is 48.1 Å². The van der Waals surface area contributed by atoms with E-state index < -0.39 is 0 Å². The zero-order chi connectivity index (χ0) is 11.1. The number of benzene rings is 1. The lowest BCUT2D eigenvalue weighted by Crippen LogP contribution is -1.81. The topological polar surface area (TPSA) is 0 Å². The number of rotatable bonds is 4. The van der Waals surface area contributed by atoms with Crippen LogP contribution in [0.5, 0.6) is 0 Å². The predicted octanol–water partition coefficient (Wildman–Crippen LogP) is 4.84. The van der Waals surface area contributed by atoms with Gasteiger partial charge in [0.05, 0.1) is 0 Å². The molecule has 0 nitrogen and oxygen atoms in total. The Labute approximate surface area is 93.3 Å². The molecule has 0 bridgehead atoms. The maximum atomic E-state index is 2.24. The number of allylic oxidation sites excluding steroid dienone is 4.